The van der Waals surface area contributed by atoms with Crippen molar-refractivity contribution in [2.24, 2.45) is 0 Å². The smallest absolute Gasteiger partial charge is 0.292 e. The molecule has 0 spiro atoms. The van der Waals surface area contributed by atoms with Gasteiger partial charge in [0.05, 0.1) is 12.0 Å². The Morgan fingerprint density at radius 1 is 1.03 bits per heavy atom. The van der Waals surface area contributed by atoms with E-state index in [4.69, 9.17) is 4.42 Å². The van der Waals surface area contributed by atoms with Crippen LogP contribution in [0.5, 0.6) is 0 Å². The van der Waals surface area contributed by atoms with Crippen molar-refractivity contribution in [1.82, 2.24) is 10.2 Å². The molecule has 29 heavy (non-hydrogen) atoms. The number of rotatable bonds is 9. The van der Waals surface area contributed by atoms with E-state index in [1.165, 1.54) is 23.6 Å². The number of furan rings is 1. The fourth-order valence-corrected chi connectivity index (χ4v) is 3.14. The highest BCUT2D eigenvalue weighted by atomic mass is 32.2. The van der Waals surface area contributed by atoms with Crippen LogP contribution in [-0.4, -0.2) is 27.8 Å². The van der Waals surface area contributed by atoms with Gasteiger partial charge in [-0.15, -0.1) is 10.2 Å². The molecule has 3 rings (SSSR count). The number of hydrogen-bond donors (Lipinski definition) is 2. The van der Waals surface area contributed by atoms with E-state index in [1.54, 1.807) is 24.3 Å². The Morgan fingerprint density at radius 2 is 1.86 bits per heavy atom. The average molecular weight is 410 g/mol. The number of unbranched alkanes of at least 4 members (excludes halogenated alkanes) is 1. The molecular weight excluding hydrogens is 388 g/mol. The van der Waals surface area contributed by atoms with E-state index in [-0.39, 0.29) is 17.4 Å². The van der Waals surface area contributed by atoms with Crippen LogP contribution >= 0.6 is 11.8 Å². The Bertz CT molecular complexity index is 926. The molecule has 2 heterocycles. The lowest BCUT2D eigenvalue weighted by Crippen LogP contribution is -2.14. The number of amides is 2. The van der Waals surface area contributed by atoms with Gasteiger partial charge in [0.15, 0.2) is 11.6 Å². The third-order valence-corrected chi connectivity index (χ3v) is 4.95. The molecular formula is C21H22N4O3S. The SMILES string of the molecule is CCCCc1ccc(NC(=O)CSc2ccc(NC(=O)c3ccco3)nn2)cc1. The lowest BCUT2D eigenvalue weighted by Gasteiger charge is -2.07. The van der Waals surface area contributed by atoms with Gasteiger partial charge in [-0.1, -0.05) is 37.2 Å². The standard InChI is InChI=1S/C21H22N4O3S/c1-2-3-5-15-7-9-16(10-8-15)22-19(26)14-29-20-12-11-18(24-25-20)23-21(27)17-6-4-13-28-17/h4,6-13H,2-3,5,14H2,1H3,(H,22,26)(H,23,24,27). The number of aromatic nitrogens is 2. The second-order valence-corrected chi connectivity index (χ2v) is 7.32. The molecule has 0 radical (unpaired) electrons. The maximum absolute atomic E-state index is 12.1. The molecule has 2 amide bonds. The summed E-state index contributed by atoms with van der Waals surface area (Å²) in [4.78, 5) is 24.0. The van der Waals surface area contributed by atoms with Gasteiger partial charge >= 0.3 is 0 Å². The van der Waals surface area contributed by atoms with Gasteiger partial charge in [0.2, 0.25) is 5.91 Å². The van der Waals surface area contributed by atoms with Gasteiger partial charge in [-0.05, 0) is 54.8 Å². The molecule has 0 saturated carbocycles. The van der Waals surface area contributed by atoms with Gasteiger partial charge in [-0.2, -0.15) is 0 Å². The number of carbonyl (C=O) groups excluding carboxylic acids is 2. The molecule has 3 aromatic rings. The summed E-state index contributed by atoms with van der Waals surface area (Å²) < 4.78 is 5.02. The van der Waals surface area contributed by atoms with E-state index >= 15 is 0 Å². The molecule has 0 atom stereocenters. The Labute approximate surface area is 173 Å². The van der Waals surface area contributed by atoms with Crippen molar-refractivity contribution in [3.8, 4) is 0 Å². The van der Waals surface area contributed by atoms with E-state index in [1.807, 2.05) is 24.3 Å². The van der Waals surface area contributed by atoms with Crippen LogP contribution < -0.4 is 10.6 Å². The number of carbonyl (C=O) groups is 2. The first-order valence-corrected chi connectivity index (χ1v) is 10.3. The largest absolute Gasteiger partial charge is 0.459 e. The summed E-state index contributed by atoms with van der Waals surface area (Å²) in [5.41, 5.74) is 2.05. The summed E-state index contributed by atoms with van der Waals surface area (Å²) >= 11 is 1.27. The van der Waals surface area contributed by atoms with Crippen molar-refractivity contribution >= 4 is 35.1 Å². The number of benzene rings is 1. The van der Waals surface area contributed by atoms with Crippen LogP contribution in [0.4, 0.5) is 11.5 Å². The minimum atomic E-state index is -0.398. The third-order valence-electron chi connectivity index (χ3n) is 4.03. The zero-order chi connectivity index (χ0) is 20.5. The van der Waals surface area contributed by atoms with Crippen LogP contribution in [0.3, 0.4) is 0 Å². The zero-order valence-corrected chi connectivity index (χ0v) is 16.9. The first kappa shape index (κ1) is 20.6. The highest BCUT2D eigenvalue weighted by Gasteiger charge is 2.10. The number of hydrogen-bond acceptors (Lipinski definition) is 6. The third kappa shape index (κ3) is 6.46. The topological polar surface area (TPSA) is 97.1 Å². The number of thioether (sulfide) groups is 1. The Hall–Kier alpha value is -3.13. The fraction of sp³-hybridized carbons (Fsp3) is 0.238. The van der Waals surface area contributed by atoms with Gasteiger partial charge in [0, 0.05) is 5.69 Å². The Morgan fingerprint density at radius 3 is 2.52 bits per heavy atom. The number of nitrogens with zero attached hydrogens (tertiary/aromatic N) is 2. The molecule has 0 aliphatic carbocycles. The highest BCUT2D eigenvalue weighted by Crippen LogP contribution is 2.17. The quantitative estimate of drug-likeness (QED) is 0.508. The molecule has 2 aromatic heterocycles. The number of nitrogens with one attached hydrogen (secondary N) is 2. The maximum Gasteiger partial charge on any atom is 0.292 e. The molecule has 0 saturated heterocycles. The van der Waals surface area contributed by atoms with Gasteiger partial charge in [0.1, 0.15) is 5.03 Å². The molecule has 0 aliphatic heterocycles. The summed E-state index contributed by atoms with van der Waals surface area (Å²) in [6.45, 7) is 2.17. The van der Waals surface area contributed by atoms with E-state index in [0.29, 0.717) is 10.8 Å². The lowest BCUT2D eigenvalue weighted by atomic mass is 10.1. The van der Waals surface area contributed by atoms with Crippen molar-refractivity contribution in [2.75, 3.05) is 16.4 Å². The van der Waals surface area contributed by atoms with E-state index in [9.17, 15) is 9.59 Å². The summed E-state index contributed by atoms with van der Waals surface area (Å²) in [6, 6.07) is 14.4. The van der Waals surface area contributed by atoms with Crippen molar-refractivity contribution in [3.05, 3.63) is 66.1 Å². The maximum atomic E-state index is 12.1. The molecule has 0 unspecified atom stereocenters. The fourth-order valence-electron chi connectivity index (χ4n) is 2.52. The Kier molecular flexibility index (Phi) is 7.40. The predicted octanol–water partition coefficient (Wildman–Crippen LogP) is 4.40. The molecule has 2 N–H and O–H groups in total. The van der Waals surface area contributed by atoms with Crippen LogP contribution in [-0.2, 0) is 11.2 Å². The molecule has 150 valence electrons. The molecule has 1 aromatic carbocycles. The predicted molar refractivity (Wildman–Crippen MR) is 113 cm³/mol. The van der Waals surface area contributed by atoms with E-state index in [0.717, 1.165) is 24.9 Å². The lowest BCUT2D eigenvalue weighted by molar-refractivity contribution is -0.113. The Balaban J connectivity index is 1.44. The second-order valence-electron chi connectivity index (χ2n) is 6.33. The minimum Gasteiger partial charge on any atom is -0.459 e. The number of anilines is 2. The summed E-state index contributed by atoms with van der Waals surface area (Å²) in [5, 5.41) is 14.0. The molecule has 8 heteroatoms. The van der Waals surface area contributed by atoms with Crippen molar-refractivity contribution in [1.29, 1.82) is 0 Å². The van der Waals surface area contributed by atoms with Gasteiger partial charge in [-0.3, -0.25) is 9.59 Å². The van der Waals surface area contributed by atoms with E-state index < -0.39 is 5.91 Å². The molecule has 0 fully saturated rings. The first-order valence-electron chi connectivity index (χ1n) is 9.34. The summed E-state index contributed by atoms with van der Waals surface area (Å²) in [6.07, 6.45) is 4.80. The van der Waals surface area contributed by atoms with Crippen LogP contribution in [0, 0.1) is 0 Å². The van der Waals surface area contributed by atoms with Crippen LogP contribution in [0.15, 0.2) is 64.2 Å². The first-order chi connectivity index (χ1) is 14.1. The summed E-state index contributed by atoms with van der Waals surface area (Å²) in [7, 11) is 0. The number of aryl methyl sites for hydroxylation is 1. The monoisotopic (exact) mass is 410 g/mol. The summed E-state index contributed by atoms with van der Waals surface area (Å²) in [5.74, 6) is 0.200. The minimum absolute atomic E-state index is 0.117. The van der Waals surface area contributed by atoms with E-state index in [2.05, 4.69) is 27.8 Å². The normalized spacial score (nSPS) is 10.5. The zero-order valence-electron chi connectivity index (χ0n) is 16.1. The average Bonchev–Trinajstić information content (AvgIpc) is 3.28. The molecule has 7 nitrogen and oxygen atoms in total. The molecule has 0 bridgehead atoms. The van der Waals surface area contributed by atoms with Gasteiger partial charge in [0.25, 0.3) is 5.91 Å². The van der Waals surface area contributed by atoms with Crippen LogP contribution in [0.25, 0.3) is 0 Å². The van der Waals surface area contributed by atoms with Crippen molar-refractivity contribution in [2.45, 2.75) is 31.2 Å². The highest BCUT2D eigenvalue weighted by molar-refractivity contribution is 7.99. The van der Waals surface area contributed by atoms with Crippen LogP contribution in [0.2, 0.25) is 0 Å². The van der Waals surface area contributed by atoms with Gasteiger partial charge < -0.3 is 15.1 Å². The second kappa shape index (κ2) is 10.4. The van der Waals surface area contributed by atoms with Crippen LogP contribution in [0.1, 0.15) is 35.9 Å². The molecule has 0 aliphatic rings. The van der Waals surface area contributed by atoms with Gasteiger partial charge in [-0.25, -0.2) is 0 Å². The van der Waals surface area contributed by atoms with Crippen molar-refractivity contribution < 1.29 is 14.0 Å². The van der Waals surface area contributed by atoms with Crippen molar-refractivity contribution in [3.63, 3.8) is 0 Å².